The largest absolute Gasteiger partial charge is 0.470 e. The van der Waals surface area contributed by atoms with Gasteiger partial charge >= 0.3 is 12.3 Å². The highest BCUT2D eigenvalue weighted by Crippen LogP contribution is 2.26. The number of halogens is 4. The van der Waals surface area contributed by atoms with Gasteiger partial charge in [0.15, 0.2) is 6.61 Å². The lowest BCUT2D eigenvalue weighted by molar-refractivity contribution is -0.148. The molecule has 1 rings (SSSR count). The Morgan fingerprint density at radius 2 is 1.80 bits per heavy atom. The van der Waals surface area contributed by atoms with Crippen molar-refractivity contribution in [2.45, 2.75) is 45.6 Å². The van der Waals surface area contributed by atoms with E-state index in [1.165, 1.54) is 0 Å². The average molecular weight is 295 g/mol. The normalized spacial score (nSPS) is 12.0. The molecule has 0 saturated heterocycles. The minimum Gasteiger partial charge on any atom is -0.470 e. The fourth-order valence-electron chi connectivity index (χ4n) is 1.79. The van der Waals surface area contributed by atoms with E-state index < -0.39 is 19.0 Å². The number of aryl methyl sites for hydroxylation is 1. The number of ether oxygens (including phenoxy) is 1. The van der Waals surface area contributed by atoms with Gasteiger partial charge < -0.3 is 10.5 Å². The maximum Gasteiger partial charge on any atom is 0.340 e. The smallest absolute Gasteiger partial charge is 0.340 e. The highest BCUT2D eigenvalue weighted by molar-refractivity contribution is 5.36. The Bertz CT molecular complexity index is 455. The van der Waals surface area contributed by atoms with Crippen LogP contribution in [-0.4, -0.2) is 29.2 Å². The number of nitrogens with zero attached hydrogens (tertiary/aromatic N) is 2. The summed E-state index contributed by atoms with van der Waals surface area (Å²) in [5.74, 6) is -4.44. The lowest BCUT2D eigenvalue weighted by Crippen LogP contribution is -2.34. The van der Waals surface area contributed by atoms with E-state index in [0.29, 0.717) is 24.1 Å². The molecule has 0 aliphatic heterocycles. The van der Waals surface area contributed by atoms with Crippen molar-refractivity contribution < 1.29 is 22.3 Å². The monoisotopic (exact) mass is 295 g/mol. The third kappa shape index (κ3) is 3.56. The topological polar surface area (TPSA) is 61.0 Å². The van der Waals surface area contributed by atoms with Crippen LogP contribution < -0.4 is 10.5 Å². The van der Waals surface area contributed by atoms with Crippen molar-refractivity contribution in [1.82, 2.24) is 10.2 Å². The van der Waals surface area contributed by atoms with Gasteiger partial charge in [0.25, 0.3) is 0 Å². The summed E-state index contributed by atoms with van der Waals surface area (Å²) in [7, 11) is 0. The van der Waals surface area contributed by atoms with Gasteiger partial charge in [0.2, 0.25) is 5.88 Å². The molecule has 1 aromatic rings. The summed E-state index contributed by atoms with van der Waals surface area (Å²) >= 11 is 0. The minimum atomic E-state index is -4.23. The van der Waals surface area contributed by atoms with E-state index in [-0.39, 0.29) is 12.4 Å². The third-order valence-corrected chi connectivity index (χ3v) is 2.85. The standard InChI is InChI=1S/C12H17F4N3O/c1-3-7-8(5-17)10(19-18-9(7)4-2)20-6-12(15,16)11(13)14/h11H,3-6,17H2,1-2H3. The van der Waals surface area contributed by atoms with Gasteiger partial charge in [-0.1, -0.05) is 13.8 Å². The molecule has 0 spiro atoms. The zero-order valence-corrected chi connectivity index (χ0v) is 11.3. The van der Waals surface area contributed by atoms with E-state index in [4.69, 9.17) is 10.5 Å². The molecule has 0 radical (unpaired) electrons. The van der Waals surface area contributed by atoms with Crippen molar-refractivity contribution in [1.29, 1.82) is 0 Å². The van der Waals surface area contributed by atoms with Gasteiger partial charge in [0.05, 0.1) is 5.69 Å². The molecule has 0 bridgehead atoms. The molecule has 8 heteroatoms. The minimum absolute atomic E-state index is 0.0152. The second-order valence-electron chi connectivity index (χ2n) is 4.17. The summed E-state index contributed by atoms with van der Waals surface area (Å²) in [6, 6.07) is 0. The van der Waals surface area contributed by atoms with Crippen LogP contribution in [0.4, 0.5) is 17.6 Å². The lowest BCUT2D eigenvalue weighted by Gasteiger charge is -2.18. The number of rotatable bonds is 7. The molecule has 0 amide bonds. The Kier molecular flexibility index (Phi) is 5.67. The van der Waals surface area contributed by atoms with Crippen LogP contribution in [-0.2, 0) is 19.4 Å². The Labute approximate surface area is 114 Å². The first kappa shape index (κ1) is 16.6. The number of alkyl halides is 4. The molecule has 1 heterocycles. The zero-order chi connectivity index (χ0) is 15.3. The predicted octanol–water partition coefficient (Wildman–Crippen LogP) is 2.34. The van der Waals surface area contributed by atoms with Crippen molar-refractivity contribution in [2.24, 2.45) is 5.73 Å². The summed E-state index contributed by atoms with van der Waals surface area (Å²) in [6.07, 6.45) is -2.61. The highest BCUT2D eigenvalue weighted by Gasteiger charge is 2.42. The number of hydrogen-bond donors (Lipinski definition) is 1. The maximum atomic E-state index is 12.8. The van der Waals surface area contributed by atoms with Gasteiger partial charge in [-0.05, 0) is 18.4 Å². The van der Waals surface area contributed by atoms with Crippen LogP contribution in [0.1, 0.15) is 30.7 Å². The predicted molar refractivity (Wildman–Crippen MR) is 65.1 cm³/mol. The Morgan fingerprint density at radius 3 is 2.25 bits per heavy atom. The quantitative estimate of drug-likeness (QED) is 0.784. The van der Waals surface area contributed by atoms with Crippen LogP contribution in [0.15, 0.2) is 0 Å². The van der Waals surface area contributed by atoms with Gasteiger partial charge in [-0.15, -0.1) is 5.10 Å². The van der Waals surface area contributed by atoms with Crippen LogP contribution in [0.2, 0.25) is 0 Å². The number of hydrogen-bond acceptors (Lipinski definition) is 4. The average Bonchev–Trinajstić information content (AvgIpc) is 2.43. The van der Waals surface area contributed by atoms with E-state index in [0.717, 1.165) is 5.56 Å². The van der Waals surface area contributed by atoms with E-state index in [2.05, 4.69) is 10.2 Å². The van der Waals surface area contributed by atoms with E-state index >= 15 is 0 Å². The van der Waals surface area contributed by atoms with Crippen molar-refractivity contribution >= 4 is 0 Å². The highest BCUT2D eigenvalue weighted by atomic mass is 19.3. The maximum absolute atomic E-state index is 12.8. The van der Waals surface area contributed by atoms with Crippen LogP contribution in [0.5, 0.6) is 5.88 Å². The molecule has 2 N–H and O–H groups in total. The number of aromatic nitrogens is 2. The van der Waals surface area contributed by atoms with Gasteiger partial charge in [-0.2, -0.15) is 13.9 Å². The molecular weight excluding hydrogens is 278 g/mol. The van der Waals surface area contributed by atoms with Crippen LogP contribution >= 0.6 is 0 Å². The summed E-state index contributed by atoms with van der Waals surface area (Å²) in [5, 5.41) is 7.52. The molecule has 1 aromatic heterocycles. The summed E-state index contributed by atoms with van der Waals surface area (Å²) in [4.78, 5) is 0. The van der Waals surface area contributed by atoms with Crippen LogP contribution in [0.3, 0.4) is 0 Å². The van der Waals surface area contributed by atoms with Crippen molar-refractivity contribution in [3.63, 3.8) is 0 Å². The molecule has 20 heavy (non-hydrogen) atoms. The summed E-state index contributed by atoms with van der Waals surface area (Å²) < 4.78 is 54.5. The van der Waals surface area contributed by atoms with Crippen LogP contribution in [0, 0.1) is 0 Å². The molecule has 0 unspecified atom stereocenters. The van der Waals surface area contributed by atoms with E-state index in [1.807, 2.05) is 13.8 Å². The third-order valence-electron chi connectivity index (χ3n) is 2.85. The van der Waals surface area contributed by atoms with Gasteiger partial charge in [0, 0.05) is 12.1 Å². The molecule has 0 saturated carbocycles. The second kappa shape index (κ2) is 6.83. The molecule has 0 aromatic carbocycles. The summed E-state index contributed by atoms with van der Waals surface area (Å²) in [6.45, 7) is 2.28. The SMILES string of the molecule is CCc1nnc(OCC(F)(F)C(F)F)c(CN)c1CC. The van der Waals surface area contributed by atoms with Gasteiger partial charge in [-0.3, -0.25) is 0 Å². The van der Waals surface area contributed by atoms with Gasteiger partial charge in [0.1, 0.15) is 0 Å². The molecule has 114 valence electrons. The first-order chi connectivity index (χ1) is 9.37. The Hall–Kier alpha value is -1.44. The molecule has 0 aliphatic carbocycles. The first-order valence-corrected chi connectivity index (χ1v) is 6.23. The number of nitrogens with two attached hydrogens (primary N) is 1. The van der Waals surface area contributed by atoms with Crippen molar-refractivity contribution in [2.75, 3.05) is 6.61 Å². The zero-order valence-electron chi connectivity index (χ0n) is 11.3. The Balaban J connectivity index is 3.02. The molecule has 0 aliphatic rings. The molecular formula is C12H17F4N3O. The van der Waals surface area contributed by atoms with Gasteiger partial charge in [-0.25, -0.2) is 8.78 Å². The molecule has 0 atom stereocenters. The second-order valence-corrected chi connectivity index (χ2v) is 4.17. The van der Waals surface area contributed by atoms with E-state index in [9.17, 15) is 17.6 Å². The van der Waals surface area contributed by atoms with Crippen LogP contribution in [0.25, 0.3) is 0 Å². The molecule has 4 nitrogen and oxygen atoms in total. The fraction of sp³-hybridized carbons (Fsp3) is 0.667. The van der Waals surface area contributed by atoms with Crippen molar-refractivity contribution in [3.8, 4) is 5.88 Å². The summed E-state index contributed by atoms with van der Waals surface area (Å²) in [5.41, 5.74) is 7.46. The lowest BCUT2D eigenvalue weighted by atomic mass is 10.0. The Morgan fingerprint density at radius 1 is 1.15 bits per heavy atom. The molecule has 0 fully saturated rings. The van der Waals surface area contributed by atoms with Crippen molar-refractivity contribution in [3.05, 3.63) is 16.8 Å². The van der Waals surface area contributed by atoms with E-state index in [1.54, 1.807) is 0 Å². The fourth-order valence-corrected chi connectivity index (χ4v) is 1.79. The first-order valence-electron chi connectivity index (χ1n) is 6.23.